The number of hydrogen-bond donors (Lipinski definition) is 1. The highest BCUT2D eigenvalue weighted by Gasteiger charge is 2.27. The second-order valence-electron chi connectivity index (χ2n) is 6.06. The monoisotopic (exact) mass is 299 g/mol. The number of carboxylic acid groups (broad SMARTS) is 1. The maximum absolute atomic E-state index is 11.0. The summed E-state index contributed by atoms with van der Waals surface area (Å²) in [5.41, 5.74) is 4.39. The molecule has 5 heteroatoms. The first-order valence-corrected chi connectivity index (χ1v) is 7.60. The van der Waals surface area contributed by atoms with E-state index in [-0.39, 0.29) is 5.92 Å². The summed E-state index contributed by atoms with van der Waals surface area (Å²) >= 11 is 0. The summed E-state index contributed by atoms with van der Waals surface area (Å²) in [7, 11) is 0. The number of aromatic nitrogens is 2. The van der Waals surface area contributed by atoms with Gasteiger partial charge in [-0.15, -0.1) is 0 Å². The van der Waals surface area contributed by atoms with Gasteiger partial charge in [-0.05, 0) is 50.6 Å². The molecule has 0 spiro atoms. The third-order valence-electron chi connectivity index (χ3n) is 4.22. The van der Waals surface area contributed by atoms with Crippen molar-refractivity contribution in [2.24, 2.45) is 5.92 Å². The molecule has 2 aromatic rings. The van der Waals surface area contributed by atoms with Crippen LogP contribution in [0.1, 0.15) is 23.4 Å². The molecule has 1 aromatic heterocycles. The minimum atomic E-state index is -0.678. The molecule has 1 aliphatic heterocycles. The van der Waals surface area contributed by atoms with Gasteiger partial charge in [0.25, 0.3) is 0 Å². The molecule has 0 bridgehead atoms. The van der Waals surface area contributed by atoms with Gasteiger partial charge in [-0.3, -0.25) is 9.69 Å². The largest absolute Gasteiger partial charge is 0.481 e. The quantitative estimate of drug-likeness (QED) is 0.942. The smallest absolute Gasteiger partial charge is 0.307 e. The van der Waals surface area contributed by atoms with Crippen LogP contribution in [0.5, 0.6) is 0 Å². The third-order valence-corrected chi connectivity index (χ3v) is 4.22. The minimum Gasteiger partial charge on any atom is -0.481 e. The van der Waals surface area contributed by atoms with Crippen molar-refractivity contribution in [3.05, 3.63) is 47.3 Å². The van der Waals surface area contributed by atoms with Gasteiger partial charge in [0.1, 0.15) is 0 Å². The van der Waals surface area contributed by atoms with Gasteiger partial charge in [-0.1, -0.05) is 12.1 Å². The fourth-order valence-corrected chi connectivity index (χ4v) is 3.07. The van der Waals surface area contributed by atoms with Gasteiger partial charge in [0, 0.05) is 18.8 Å². The van der Waals surface area contributed by atoms with Crippen molar-refractivity contribution >= 4 is 5.97 Å². The topological polar surface area (TPSA) is 58.4 Å². The molecule has 1 unspecified atom stereocenters. The molecule has 2 heterocycles. The lowest BCUT2D eigenvalue weighted by molar-refractivity contribution is -0.141. The molecular weight excluding hydrogens is 278 g/mol. The number of nitrogens with zero attached hydrogens (tertiary/aromatic N) is 3. The van der Waals surface area contributed by atoms with Crippen LogP contribution in [0.4, 0.5) is 0 Å². The Labute approximate surface area is 130 Å². The van der Waals surface area contributed by atoms with Gasteiger partial charge in [-0.2, -0.15) is 5.10 Å². The number of aliphatic carboxylic acids is 1. The molecule has 1 atom stereocenters. The maximum Gasteiger partial charge on any atom is 0.307 e. The van der Waals surface area contributed by atoms with E-state index in [1.807, 2.05) is 18.5 Å². The van der Waals surface area contributed by atoms with E-state index in [9.17, 15) is 4.79 Å². The predicted molar refractivity (Wildman–Crippen MR) is 84.1 cm³/mol. The number of likely N-dealkylation sites (tertiary alicyclic amines) is 1. The number of rotatable bonds is 4. The molecule has 1 N–H and O–H groups in total. The average molecular weight is 299 g/mol. The molecule has 1 aromatic carbocycles. The van der Waals surface area contributed by atoms with E-state index in [2.05, 4.69) is 40.3 Å². The van der Waals surface area contributed by atoms with Gasteiger partial charge in [-0.25, -0.2) is 4.68 Å². The maximum atomic E-state index is 11.0. The molecule has 116 valence electrons. The Balaban J connectivity index is 1.67. The molecule has 1 aliphatic rings. The lowest BCUT2D eigenvalue weighted by Crippen LogP contribution is -2.22. The Morgan fingerprint density at radius 2 is 2.05 bits per heavy atom. The Morgan fingerprint density at radius 3 is 2.59 bits per heavy atom. The van der Waals surface area contributed by atoms with Crippen LogP contribution >= 0.6 is 0 Å². The van der Waals surface area contributed by atoms with Crippen LogP contribution < -0.4 is 0 Å². The van der Waals surface area contributed by atoms with Crippen molar-refractivity contribution in [3.63, 3.8) is 0 Å². The van der Waals surface area contributed by atoms with Crippen LogP contribution in [0.2, 0.25) is 0 Å². The zero-order chi connectivity index (χ0) is 15.7. The van der Waals surface area contributed by atoms with E-state index in [1.165, 1.54) is 5.56 Å². The van der Waals surface area contributed by atoms with Gasteiger partial charge < -0.3 is 5.11 Å². The molecular formula is C17H21N3O2. The zero-order valence-corrected chi connectivity index (χ0v) is 13.0. The highest BCUT2D eigenvalue weighted by atomic mass is 16.4. The first-order valence-electron chi connectivity index (χ1n) is 7.60. The Hall–Kier alpha value is -2.14. The molecule has 22 heavy (non-hydrogen) atoms. The minimum absolute atomic E-state index is 0.214. The molecule has 0 amide bonds. The van der Waals surface area contributed by atoms with Gasteiger partial charge in [0.05, 0.1) is 17.3 Å². The van der Waals surface area contributed by atoms with Crippen molar-refractivity contribution in [1.29, 1.82) is 0 Å². The molecule has 5 nitrogen and oxygen atoms in total. The fourth-order valence-electron chi connectivity index (χ4n) is 3.07. The third kappa shape index (κ3) is 3.04. The Kier molecular flexibility index (Phi) is 3.98. The lowest BCUT2D eigenvalue weighted by Gasteiger charge is -2.15. The highest BCUT2D eigenvalue weighted by Crippen LogP contribution is 2.20. The van der Waals surface area contributed by atoms with E-state index >= 15 is 0 Å². The van der Waals surface area contributed by atoms with E-state index in [1.54, 1.807) is 0 Å². The number of aryl methyl sites for hydroxylation is 2. The highest BCUT2D eigenvalue weighted by molar-refractivity contribution is 5.70. The van der Waals surface area contributed by atoms with E-state index in [0.717, 1.165) is 36.6 Å². The van der Waals surface area contributed by atoms with Crippen LogP contribution in [0.15, 0.2) is 30.3 Å². The second kappa shape index (κ2) is 5.93. The van der Waals surface area contributed by atoms with Crippen molar-refractivity contribution in [3.8, 4) is 5.69 Å². The first-order chi connectivity index (χ1) is 10.5. The fraction of sp³-hybridized carbons (Fsp3) is 0.412. The summed E-state index contributed by atoms with van der Waals surface area (Å²) in [5.74, 6) is -0.892. The van der Waals surface area contributed by atoms with Gasteiger partial charge >= 0.3 is 5.97 Å². The van der Waals surface area contributed by atoms with E-state index in [0.29, 0.717) is 6.54 Å². The molecule has 3 rings (SSSR count). The van der Waals surface area contributed by atoms with Crippen molar-refractivity contribution in [1.82, 2.24) is 14.7 Å². The zero-order valence-electron chi connectivity index (χ0n) is 13.0. The normalized spacial score (nSPS) is 18.7. The van der Waals surface area contributed by atoms with Crippen molar-refractivity contribution in [2.75, 3.05) is 13.1 Å². The predicted octanol–water partition coefficient (Wildman–Crippen LogP) is 2.40. The van der Waals surface area contributed by atoms with Gasteiger partial charge in [0.15, 0.2) is 0 Å². The first kappa shape index (κ1) is 14.8. The van der Waals surface area contributed by atoms with E-state index in [4.69, 9.17) is 5.11 Å². The Bertz CT molecular complexity index is 676. The van der Waals surface area contributed by atoms with Crippen molar-refractivity contribution in [2.45, 2.75) is 26.8 Å². The molecule has 1 saturated heterocycles. The van der Waals surface area contributed by atoms with Crippen LogP contribution in [0.25, 0.3) is 5.69 Å². The SMILES string of the molecule is Cc1cc(C)n(-c2ccc(CN3CCC(C(=O)O)C3)cc2)n1. The molecule has 1 fully saturated rings. The standard InChI is InChI=1S/C17H21N3O2/c1-12-9-13(2)20(18-12)16-5-3-14(4-6-16)10-19-8-7-15(11-19)17(21)22/h3-6,9,15H,7-8,10-11H2,1-2H3,(H,21,22). The van der Waals surface area contributed by atoms with E-state index < -0.39 is 5.97 Å². The summed E-state index contributed by atoms with van der Waals surface area (Å²) < 4.78 is 1.94. The lowest BCUT2D eigenvalue weighted by atomic mass is 10.1. The molecule has 0 saturated carbocycles. The number of hydrogen-bond acceptors (Lipinski definition) is 3. The number of benzene rings is 1. The number of carbonyl (C=O) groups is 1. The summed E-state index contributed by atoms with van der Waals surface area (Å²) in [4.78, 5) is 13.2. The summed E-state index contributed by atoms with van der Waals surface area (Å²) in [5, 5.41) is 13.5. The van der Waals surface area contributed by atoms with Crippen LogP contribution in [-0.4, -0.2) is 38.8 Å². The van der Waals surface area contributed by atoms with Crippen LogP contribution in [-0.2, 0) is 11.3 Å². The number of carboxylic acids is 1. The second-order valence-corrected chi connectivity index (χ2v) is 6.06. The summed E-state index contributed by atoms with van der Waals surface area (Å²) in [6.45, 7) is 6.35. The van der Waals surface area contributed by atoms with Crippen LogP contribution in [0.3, 0.4) is 0 Å². The molecule has 0 radical (unpaired) electrons. The summed E-state index contributed by atoms with van der Waals surface area (Å²) in [6.07, 6.45) is 0.749. The molecule has 0 aliphatic carbocycles. The van der Waals surface area contributed by atoms with Crippen molar-refractivity contribution < 1.29 is 9.90 Å². The Morgan fingerprint density at radius 1 is 1.32 bits per heavy atom. The van der Waals surface area contributed by atoms with Gasteiger partial charge in [0.2, 0.25) is 0 Å². The van der Waals surface area contributed by atoms with Crippen LogP contribution in [0, 0.1) is 19.8 Å². The average Bonchev–Trinajstić information content (AvgIpc) is 3.06. The summed E-state index contributed by atoms with van der Waals surface area (Å²) in [6, 6.07) is 10.4.